The summed E-state index contributed by atoms with van der Waals surface area (Å²) in [6.45, 7) is 1.88. The maximum Gasteiger partial charge on any atom is 0.349 e. The van der Waals surface area contributed by atoms with Crippen molar-refractivity contribution < 1.29 is 36.7 Å². The van der Waals surface area contributed by atoms with Crippen molar-refractivity contribution in [3.05, 3.63) is 76.4 Å². The van der Waals surface area contributed by atoms with Crippen LogP contribution in [0.1, 0.15) is 57.5 Å². The van der Waals surface area contributed by atoms with Gasteiger partial charge in [0.2, 0.25) is 0 Å². The monoisotopic (exact) mass is 603 g/mol. The summed E-state index contributed by atoms with van der Waals surface area (Å²) < 4.78 is 48.2. The van der Waals surface area contributed by atoms with Gasteiger partial charge in [-0.15, -0.1) is 0 Å². The number of amides is 2. The number of furan rings is 1. The molecule has 0 unspecified atom stereocenters. The molecule has 2 bridgehead atoms. The number of hydrogen-bond donors (Lipinski definition) is 1. The fourth-order valence-corrected chi connectivity index (χ4v) is 7.41. The van der Waals surface area contributed by atoms with Crippen LogP contribution in [0.25, 0.3) is 33.4 Å². The number of nitrogens with zero attached hydrogens (tertiary/aromatic N) is 1. The standard InChI is InChI=1S/C35H36F2N2O5/c1-19-13-26(43-6)25(34(41)39(3,4)35-12-11-20(16-35)17-35)15-24(19)28-22(18-42-5)14-27-29(31(28)37)30(33(40)38-2)32(44-27)21-7-9-23(36)10-8-21/h7-10,13-15,20H,11-12,16-18H2,1-6H3/p+1. The predicted molar refractivity (Wildman–Crippen MR) is 164 cm³/mol. The first-order valence-corrected chi connectivity index (χ1v) is 14.8. The molecule has 3 aliphatic carbocycles. The number of rotatable bonds is 8. The van der Waals surface area contributed by atoms with Gasteiger partial charge in [0.1, 0.15) is 39.8 Å². The Morgan fingerprint density at radius 2 is 1.80 bits per heavy atom. The molecule has 3 saturated carbocycles. The van der Waals surface area contributed by atoms with E-state index in [9.17, 15) is 14.0 Å². The summed E-state index contributed by atoms with van der Waals surface area (Å²) in [5.74, 6) is -0.548. The molecule has 9 heteroatoms. The van der Waals surface area contributed by atoms with Gasteiger partial charge in [0, 0.05) is 44.5 Å². The molecule has 3 aromatic carbocycles. The lowest BCUT2D eigenvalue weighted by Crippen LogP contribution is -2.64. The average molecular weight is 604 g/mol. The first-order chi connectivity index (χ1) is 21.0. The van der Waals surface area contributed by atoms with Crippen molar-refractivity contribution >= 4 is 22.8 Å². The van der Waals surface area contributed by atoms with Crippen molar-refractivity contribution in [3.63, 3.8) is 0 Å². The number of nitrogens with one attached hydrogen (secondary N) is 1. The summed E-state index contributed by atoms with van der Waals surface area (Å²) >= 11 is 0. The number of fused-ring (bicyclic) bond motifs is 2. The minimum atomic E-state index is -0.679. The lowest BCUT2D eigenvalue weighted by molar-refractivity contribution is -0.871. The van der Waals surface area contributed by atoms with Crippen molar-refractivity contribution in [1.82, 2.24) is 5.32 Å². The van der Waals surface area contributed by atoms with E-state index in [1.807, 2.05) is 21.0 Å². The molecule has 230 valence electrons. The van der Waals surface area contributed by atoms with Gasteiger partial charge >= 0.3 is 5.91 Å². The van der Waals surface area contributed by atoms with Gasteiger partial charge in [-0.25, -0.2) is 13.6 Å². The van der Waals surface area contributed by atoms with Gasteiger partial charge in [-0.05, 0) is 78.4 Å². The van der Waals surface area contributed by atoms with E-state index in [2.05, 4.69) is 5.32 Å². The summed E-state index contributed by atoms with van der Waals surface area (Å²) in [4.78, 5) is 27.5. The number of carbonyl (C=O) groups is 2. The Kier molecular flexibility index (Phi) is 7.37. The van der Waals surface area contributed by atoms with Gasteiger partial charge in [-0.1, -0.05) is 0 Å². The second-order valence-corrected chi connectivity index (χ2v) is 12.6. The number of methoxy groups -OCH3 is 2. The van der Waals surface area contributed by atoms with Crippen molar-refractivity contribution in [2.24, 2.45) is 5.92 Å². The summed E-state index contributed by atoms with van der Waals surface area (Å²) in [5.41, 5.74) is 2.71. The largest absolute Gasteiger partial charge is 0.496 e. The molecule has 1 aromatic heterocycles. The van der Waals surface area contributed by atoms with Crippen LogP contribution in [0.15, 0.2) is 46.9 Å². The van der Waals surface area contributed by atoms with E-state index in [0.717, 1.165) is 25.7 Å². The number of quaternary nitrogens is 1. The maximum atomic E-state index is 17.1. The van der Waals surface area contributed by atoms with Crippen molar-refractivity contribution in [2.45, 2.75) is 44.8 Å². The second-order valence-electron chi connectivity index (χ2n) is 12.6. The molecular formula is C35H37F2N2O5+. The summed E-state index contributed by atoms with van der Waals surface area (Å²) in [6, 6.07) is 10.6. The van der Waals surface area contributed by atoms with Crippen LogP contribution in [0.5, 0.6) is 5.75 Å². The molecular weight excluding hydrogens is 566 g/mol. The summed E-state index contributed by atoms with van der Waals surface area (Å²) in [7, 11) is 8.41. The zero-order valence-electron chi connectivity index (χ0n) is 25.9. The molecule has 3 fully saturated rings. The third kappa shape index (κ3) is 4.44. The Hall–Kier alpha value is -4.08. The van der Waals surface area contributed by atoms with E-state index in [4.69, 9.17) is 13.9 Å². The number of aryl methyl sites for hydroxylation is 1. The SMILES string of the molecule is CNC(=O)c1c(-c2ccc(F)cc2)oc2cc(COC)c(-c3cc(C(=O)[N+](C)(C)C45CCC(C4)C5)c(OC)cc3C)c(F)c12. The van der Waals surface area contributed by atoms with E-state index in [1.165, 1.54) is 45.5 Å². The molecule has 7 rings (SSSR count). The minimum Gasteiger partial charge on any atom is -0.496 e. The van der Waals surface area contributed by atoms with Crippen molar-refractivity contribution in [2.75, 3.05) is 35.4 Å². The highest BCUT2D eigenvalue weighted by atomic mass is 19.1. The van der Waals surface area contributed by atoms with Crippen LogP contribution in [-0.4, -0.2) is 57.2 Å². The highest BCUT2D eigenvalue weighted by Gasteiger charge is 2.63. The summed E-state index contributed by atoms with van der Waals surface area (Å²) in [6.07, 6.45) is 4.18. The molecule has 0 spiro atoms. The van der Waals surface area contributed by atoms with Gasteiger partial charge in [0.25, 0.3) is 5.91 Å². The van der Waals surface area contributed by atoms with Gasteiger partial charge in [-0.2, -0.15) is 0 Å². The normalized spacial score (nSPS) is 19.2. The molecule has 0 aliphatic heterocycles. The van der Waals surface area contributed by atoms with Crippen molar-refractivity contribution in [1.29, 1.82) is 0 Å². The third-order valence-corrected chi connectivity index (χ3v) is 9.96. The smallest absolute Gasteiger partial charge is 0.349 e. The zero-order valence-corrected chi connectivity index (χ0v) is 25.9. The molecule has 44 heavy (non-hydrogen) atoms. The zero-order chi connectivity index (χ0) is 31.6. The van der Waals surface area contributed by atoms with E-state index >= 15 is 4.39 Å². The average Bonchev–Trinajstić information content (AvgIpc) is 3.72. The van der Waals surface area contributed by atoms with Gasteiger partial charge in [0.05, 0.1) is 38.8 Å². The van der Waals surface area contributed by atoms with E-state index < -0.39 is 17.5 Å². The van der Waals surface area contributed by atoms with Crippen LogP contribution in [0.4, 0.5) is 8.78 Å². The van der Waals surface area contributed by atoms with Crippen LogP contribution in [-0.2, 0) is 11.3 Å². The maximum absolute atomic E-state index is 17.1. The number of halogens is 2. The van der Waals surface area contributed by atoms with Crippen LogP contribution in [0, 0.1) is 24.5 Å². The number of benzene rings is 3. The molecule has 3 aliphatic rings. The molecule has 2 amide bonds. The quantitative estimate of drug-likeness (QED) is 0.219. The molecule has 0 atom stereocenters. The molecule has 1 N–H and O–H groups in total. The lowest BCUT2D eigenvalue weighted by Gasteiger charge is -2.49. The van der Waals surface area contributed by atoms with Crippen LogP contribution < -0.4 is 10.1 Å². The number of ether oxygens (including phenoxy) is 2. The summed E-state index contributed by atoms with van der Waals surface area (Å²) in [5, 5.41) is 2.57. The third-order valence-electron chi connectivity index (χ3n) is 9.96. The highest BCUT2D eigenvalue weighted by Crippen LogP contribution is 2.58. The topological polar surface area (TPSA) is 77.8 Å². The molecule has 0 saturated heterocycles. The van der Waals surface area contributed by atoms with Crippen LogP contribution >= 0.6 is 0 Å². The highest BCUT2D eigenvalue weighted by molar-refractivity contribution is 6.12. The Morgan fingerprint density at radius 1 is 1.09 bits per heavy atom. The minimum absolute atomic E-state index is 0.00281. The molecule has 7 nitrogen and oxygen atoms in total. The second kappa shape index (κ2) is 10.8. The van der Waals surface area contributed by atoms with E-state index in [1.54, 1.807) is 18.2 Å². The predicted octanol–water partition coefficient (Wildman–Crippen LogP) is 7.03. The Balaban J connectivity index is 1.59. The number of hydrogen-bond acceptors (Lipinski definition) is 5. The van der Waals surface area contributed by atoms with Crippen LogP contribution in [0.3, 0.4) is 0 Å². The first-order valence-electron chi connectivity index (χ1n) is 14.8. The number of carbonyl (C=O) groups excluding carboxylic acids is 2. The van der Waals surface area contributed by atoms with Gasteiger partial charge < -0.3 is 19.2 Å². The molecule has 4 aromatic rings. The first kappa shape index (κ1) is 30.0. The van der Waals surface area contributed by atoms with E-state index in [-0.39, 0.29) is 50.4 Å². The Morgan fingerprint density at radius 3 is 2.39 bits per heavy atom. The fourth-order valence-electron chi connectivity index (χ4n) is 7.41. The Labute approximate surface area is 255 Å². The van der Waals surface area contributed by atoms with Gasteiger partial charge in [-0.3, -0.25) is 9.28 Å². The molecule has 0 radical (unpaired) electrons. The van der Waals surface area contributed by atoms with E-state index in [0.29, 0.717) is 39.5 Å². The lowest BCUT2D eigenvalue weighted by atomic mass is 9.74. The van der Waals surface area contributed by atoms with Crippen molar-refractivity contribution in [3.8, 4) is 28.2 Å². The molecule has 1 heterocycles. The van der Waals surface area contributed by atoms with Gasteiger partial charge in [0.15, 0.2) is 0 Å². The fraction of sp³-hybridized carbons (Fsp3) is 0.371. The Bertz CT molecular complexity index is 1800. The van der Waals surface area contributed by atoms with Crippen LogP contribution in [0.2, 0.25) is 0 Å².